The van der Waals surface area contributed by atoms with Gasteiger partial charge in [-0.3, -0.25) is 4.79 Å². The van der Waals surface area contributed by atoms with Gasteiger partial charge < -0.3 is 9.47 Å². The molecule has 4 heteroatoms. The van der Waals surface area contributed by atoms with E-state index >= 15 is 0 Å². The summed E-state index contributed by atoms with van der Waals surface area (Å²) < 4.78 is 2.24. The first-order valence-electron chi connectivity index (χ1n) is 11.4. The molecule has 1 saturated carbocycles. The minimum Gasteiger partial charge on any atom is -0.345 e. The lowest BCUT2D eigenvalue weighted by Gasteiger charge is -2.35. The van der Waals surface area contributed by atoms with E-state index in [1.54, 1.807) is 0 Å². The highest BCUT2D eigenvalue weighted by Crippen LogP contribution is 2.25. The average molecular weight is 435 g/mol. The number of nitrogens with zero attached hydrogens (tertiary/aromatic N) is 2. The predicted molar refractivity (Wildman–Crippen MR) is 127 cm³/mol. The SMILES string of the molecule is O=C(CCc1ccccc1)N(Cc1cccn1Cc1cccc(Cl)c1)C1CCCCC1. The Balaban J connectivity index is 1.48. The molecule has 0 bridgehead atoms. The second-order valence-electron chi connectivity index (χ2n) is 8.56. The van der Waals surface area contributed by atoms with Crippen molar-refractivity contribution in [3.63, 3.8) is 0 Å². The van der Waals surface area contributed by atoms with Crippen molar-refractivity contribution in [2.45, 2.75) is 64.1 Å². The minimum absolute atomic E-state index is 0.270. The summed E-state index contributed by atoms with van der Waals surface area (Å²) in [5, 5.41) is 0.756. The fourth-order valence-corrected chi connectivity index (χ4v) is 4.82. The molecule has 0 saturated heterocycles. The smallest absolute Gasteiger partial charge is 0.223 e. The Bertz CT molecular complexity index is 976. The van der Waals surface area contributed by atoms with E-state index in [4.69, 9.17) is 11.6 Å². The molecule has 4 rings (SSSR count). The molecular formula is C27H31ClN2O. The van der Waals surface area contributed by atoms with Crippen molar-refractivity contribution in [3.8, 4) is 0 Å². The molecule has 1 heterocycles. The van der Waals surface area contributed by atoms with E-state index in [-0.39, 0.29) is 5.91 Å². The van der Waals surface area contributed by atoms with Gasteiger partial charge in [-0.15, -0.1) is 0 Å². The summed E-state index contributed by atoms with van der Waals surface area (Å²) in [6.07, 6.45) is 9.42. The molecule has 0 N–H and O–H groups in total. The molecule has 1 aromatic heterocycles. The van der Waals surface area contributed by atoms with Gasteiger partial charge in [0.2, 0.25) is 5.91 Å². The first kappa shape index (κ1) is 21.7. The van der Waals surface area contributed by atoms with Gasteiger partial charge in [0, 0.05) is 35.9 Å². The molecule has 1 fully saturated rings. The van der Waals surface area contributed by atoms with Gasteiger partial charge in [-0.2, -0.15) is 0 Å². The highest BCUT2D eigenvalue weighted by atomic mass is 35.5. The zero-order valence-corrected chi connectivity index (χ0v) is 18.8. The summed E-state index contributed by atoms with van der Waals surface area (Å²) in [7, 11) is 0. The Morgan fingerprint density at radius 2 is 1.71 bits per heavy atom. The van der Waals surface area contributed by atoms with Crippen molar-refractivity contribution in [1.82, 2.24) is 9.47 Å². The molecule has 1 aliphatic rings. The molecule has 162 valence electrons. The van der Waals surface area contributed by atoms with Crippen molar-refractivity contribution in [2.24, 2.45) is 0 Å². The normalized spacial score (nSPS) is 14.5. The molecule has 0 aliphatic heterocycles. The topological polar surface area (TPSA) is 25.2 Å². The number of hydrogen-bond acceptors (Lipinski definition) is 1. The number of aromatic nitrogens is 1. The number of rotatable bonds is 8. The molecule has 3 aromatic rings. The number of hydrogen-bond donors (Lipinski definition) is 0. The van der Waals surface area contributed by atoms with E-state index in [0.717, 1.165) is 30.8 Å². The zero-order chi connectivity index (χ0) is 21.5. The summed E-state index contributed by atoms with van der Waals surface area (Å²) in [5.74, 6) is 0.270. The number of halogens is 1. The zero-order valence-electron chi connectivity index (χ0n) is 18.1. The van der Waals surface area contributed by atoms with Gasteiger partial charge in [0.15, 0.2) is 0 Å². The van der Waals surface area contributed by atoms with Crippen LogP contribution in [0.25, 0.3) is 0 Å². The third kappa shape index (κ3) is 6.01. The summed E-state index contributed by atoms with van der Waals surface area (Å²) >= 11 is 6.18. The van der Waals surface area contributed by atoms with Gasteiger partial charge >= 0.3 is 0 Å². The fraction of sp³-hybridized carbons (Fsp3) is 0.370. The van der Waals surface area contributed by atoms with Crippen LogP contribution < -0.4 is 0 Å². The summed E-state index contributed by atoms with van der Waals surface area (Å²) in [5.41, 5.74) is 3.58. The number of carbonyl (C=O) groups is 1. The van der Waals surface area contributed by atoms with Crippen LogP contribution in [-0.4, -0.2) is 21.4 Å². The van der Waals surface area contributed by atoms with Crippen LogP contribution in [0, 0.1) is 0 Å². The van der Waals surface area contributed by atoms with Crippen molar-refractivity contribution in [1.29, 1.82) is 0 Å². The van der Waals surface area contributed by atoms with Gasteiger partial charge in [-0.05, 0) is 54.7 Å². The maximum Gasteiger partial charge on any atom is 0.223 e. The minimum atomic E-state index is 0.270. The van der Waals surface area contributed by atoms with E-state index < -0.39 is 0 Å². The fourth-order valence-electron chi connectivity index (χ4n) is 4.61. The Morgan fingerprint density at radius 3 is 2.48 bits per heavy atom. The average Bonchev–Trinajstić information content (AvgIpc) is 3.23. The molecule has 0 unspecified atom stereocenters. The number of carbonyl (C=O) groups excluding carboxylic acids is 1. The van der Waals surface area contributed by atoms with Crippen molar-refractivity contribution in [3.05, 3.63) is 94.8 Å². The molecule has 1 amide bonds. The van der Waals surface area contributed by atoms with Gasteiger partial charge in [0.25, 0.3) is 0 Å². The second kappa shape index (κ2) is 10.7. The van der Waals surface area contributed by atoms with Crippen molar-refractivity contribution in [2.75, 3.05) is 0 Å². The Hall–Kier alpha value is -2.52. The van der Waals surface area contributed by atoms with Crippen molar-refractivity contribution < 1.29 is 4.79 Å². The molecule has 3 nitrogen and oxygen atoms in total. The lowest BCUT2D eigenvalue weighted by molar-refractivity contribution is -0.135. The first-order chi connectivity index (χ1) is 15.2. The number of amides is 1. The summed E-state index contributed by atoms with van der Waals surface area (Å²) in [4.78, 5) is 15.5. The first-order valence-corrected chi connectivity index (χ1v) is 11.8. The highest BCUT2D eigenvalue weighted by Gasteiger charge is 2.26. The molecule has 0 atom stereocenters. The molecule has 0 radical (unpaired) electrons. The molecule has 0 spiro atoms. The summed E-state index contributed by atoms with van der Waals surface area (Å²) in [6, 6.07) is 22.9. The third-order valence-electron chi connectivity index (χ3n) is 6.30. The monoisotopic (exact) mass is 434 g/mol. The number of benzene rings is 2. The Kier molecular flexibility index (Phi) is 7.48. The van der Waals surface area contributed by atoms with Gasteiger partial charge in [-0.25, -0.2) is 0 Å². The molecule has 31 heavy (non-hydrogen) atoms. The maximum absolute atomic E-state index is 13.4. The standard InChI is InChI=1S/C27H31ClN2O/c28-24-12-7-11-23(19-24)20-29-18-8-15-26(29)21-30(25-13-5-2-6-14-25)27(31)17-16-22-9-3-1-4-10-22/h1,3-4,7-12,15,18-19,25H,2,5-6,13-14,16-17,20-21H2. The van der Waals surface area contributed by atoms with Crippen LogP contribution >= 0.6 is 11.6 Å². The van der Waals surface area contributed by atoms with Gasteiger partial charge in [0.05, 0.1) is 6.54 Å². The number of aryl methyl sites for hydroxylation is 1. The van der Waals surface area contributed by atoms with Gasteiger partial charge in [0.1, 0.15) is 0 Å². The predicted octanol–water partition coefficient (Wildman–Crippen LogP) is 6.48. The van der Waals surface area contributed by atoms with Gasteiger partial charge in [-0.1, -0.05) is 73.3 Å². The molecule has 2 aromatic carbocycles. The Labute approximate surface area is 190 Å². The van der Waals surface area contributed by atoms with Crippen LogP contribution in [0.15, 0.2) is 72.9 Å². The largest absolute Gasteiger partial charge is 0.345 e. The Morgan fingerprint density at radius 1 is 0.935 bits per heavy atom. The van der Waals surface area contributed by atoms with Crippen LogP contribution in [0.5, 0.6) is 0 Å². The van der Waals surface area contributed by atoms with E-state index in [1.165, 1.54) is 36.1 Å². The lowest BCUT2D eigenvalue weighted by Crippen LogP contribution is -2.41. The molecular weight excluding hydrogens is 404 g/mol. The second-order valence-corrected chi connectivity index (χ2v) is 8.99. The quantitative estimate of drug-likeness (QED) is 0.398. The van der Waals surface area contributed by atoms with Crippen LogP contribution in [0.4, 0.5) is 0 Å². The van der Waals surface area contributed by atoms with E-state index in [9.17, 15) is 4.79 Å². The van der Waals surface area contributed by atoms with Crippen LogP contribution in [0.3, 0.4) is 0 Å². The van der Waals surface area contributed by atoms with Crippen LogP contribution in [-0.2, 0) is 24.3 Å². The van der Waals surface area contributed by atoms with Crippen LogP contribution in [0.1, 0.15) is 55.3 Å². The summed E-state index contributed by atoms with van der Waals surface area (Å²) in [6.45, 7) is 1.44. The van der Waals surface area contributed by atoms with Crippen molar-refractivity contribution >= 4 is 17.5 Å². The van der Waals surface area contributed by atoms with E-state index in [0.29, 0.717) is 19.0 Å². The molecule has 1 aliphatic carbocycles. The van der Waals surface area contributed by atoms with E-state index in [2.05, 4.69) is 46.0 Å². The maximum atomic E-state index is 13.4. The highest BCUT2D eigenvalue weighted by molar-refractivity contribution is 6.30. The van der Waals surface area contributed by atoms with Crippen LogP contribution in [0.2, 0.25) is 5.02 Å². The lowest BCUT2D eigenvalue weighted by atomic mass is 9.93. The van der Waals surface area contributed by atoms with E-state index in [1.807, 2.05) is 36.4 Å². The third-order valence-corrected chi connectivity index (χ3v) is 6.54.